The first-order valence-corrected chi connectivity index (χ1v) is 10.7. The number of anilines is 2. The van der Waals surface area contributed by atoms with Crippen LogP contribution in [0.4, 0.5) is 11.6 Å². The summed E-state index contributed by atoms with van der Waals surface area (Å²) in [4.78, 5) is 10.9. The van der Waals surface area contributed by atoms with Gasteiger partial charge in [0.15, 0.2) is 0 Å². The highest BCUT2D eigenvalue weighted by Crippen LogP contribution is 2.31. The molecule has 0 aliphatic heterocycles. The fraction of sp³-hybridized carbons (Fsp3) is 0.0500. The Morgan fingerprint density at radius 2 is 1.63 bits per heavy atom. The number of aromatic nitrogens is 4. The third-order valence-corrected chi connectivity index (χ3v) is 4.05. The van der Waals surface area contributed by atoms with E-state index < -0.39 is 0 Å². The molecule has 0 bridgehead atoms. The Kier molecular flexibility index (Phi) is 6.78. The number of rotatable bonds is 4. The molecule has 27 heavy (non-hydrogen) atoms. The summed E-state index contributed by atoms with van der Waals surface area (Å²) in [6.45, 7) is 0. The van der Waals surface area contributed by atoms with Crippen molar-refractivity contribution in [2.24, 2.45) is 0 Å². The van der Waals surface area contributed by atoms with Crippen molar-refractivity contribution in [1.29, 1.82) is 0 Å². The number of pyridine rings is 1. The van der Waals surface area contributed by atoms with Crippen LogP contribution in [-0.2, 0) is 0 Å². The van der Waals surface area contributed by atoms with E-state index in [1.807, 2.05) is 71.7 Å². The summed E-state index contributed by atoms with van der Waals surface area (Å²) in [6, 6.07) is 21.6. The van der Waals surface area contributed by atoms with Crippen LogP contribution in [0.15, 0.2) is 73.1 Å². The predicted octanol–water partition coefficient (Wildman–Crippen LogP) is 5.98. The van der Waals surface area contributed by atoms with Crippen molar-refractivity contribution < 1.29 is 0 Å². The molecule has 2 heterocycles. The van der Waals surface area contributed by atoms with Gasteiger partial charge in [-0.05, 0) is 23.1 Å². The number of hydrogen-bond acceptors (Lipinski definition) is 4. The van der Waals surface area contributed by atoms with Gasteiger partial charge in [-0.2, -0.15) is 10.1 Å². The molecule has 0 amide bonds. The molecular weight excluding hydrogens is 473 g/mol. The second-order valence-corrected chi connectivity index (χ2v) is 5.84. The Balaban J connectivity index is 0.00000102. The summed E-state index contributed by atoms with van der Waals surface area (Å²) in [5.41, 5.74) is 4.38. The molecule has 0 aliphatic carbocycles. The van der Waals surface area contributed by atoms with Gasteiger partial charge in [0.2, 0.25) is 5.95 Å². The molecular formula is C20H17ClIN5. The molecule has 7 heteroatoms. The first-order valence-electron chi connectivity index (χ1n) is 8.12. The smallest absolute Gasteiger partial charge is 0.222 e. The van der Waals surface area contributed by atoms with Gasteiger partial charge in [0.1, 0.15) is 6.33 Å². The zero-order chi connectivity index (χ0) is 19.1. The van der Waals surface area contributed by atoms with Crippen molar-refractivity contribution >= 4 is 45.8 Å². The van der Waals surface area contributed by atoms with Gasteiger partial charge in [0, 0.05) is 21.8 Å². The third-order valence-electron chi connectivity index (χ3n) is 3.72. The molecule has 0 unspecified atom stereocenters. The Bertz CT molecular complexity index is 990. The van der Waals surface area contributed by atoms with Crippen LogP contribution in [-0.4, -0.2) is 25.1 Å². The predicted molar refractivity (Wildman–Crippen MR) is 120 cm³/mol. The highest BCUT2D eigenvalue weighted by atomic mass is 127. The van der Waals surface area contributed by atoms with Crippen molar-refractivity contribution in [3.63, 3.8) is 0 Å². The monoisotopic (exact) mass is 489 g/mol. The second kappa shape index (κ2) is 9.48. The minimum Gasteiger partial charge on any atom is -0.324 e. The Hall–Kier alpha value is -2.45. The van der Waals surface area contributed by atoms with E-state index in [4.69, 9.17) is 16.6 Å². The third kappa shape index (κ3) is 4.84. The van der Waals surface area contributed by atoms with Crippen molar-refractivity contribution in [1.82, 2.24) is 20.2 Å². The lowest BCUT2D eigenvalue weighted by Crippen LogP contribution is -1.96. The van der Waals surface area contributed by atoms with Crippen LogP contribution in [0.2, 0.25) is 5.02 Å². The Morgan fingerprint density at radius 3 is 2.33 bits per heavy atom. The minimum absolute atomic E-state index is 0.565. The lowest BCUT2D eigenvalue weighted by molar-refractivity contribution is 1.09. The van der Waals surface area contributed by atoms with Crippen LogP contribution in [0.1, 0.15) is 0 Å². The van der Waals surface area contributed by atoms with Gasteiger partial charge in [0.25, 0.3) is 0 Å². The van der Waals surface area contributed by atoms with Gasteiger partial charge < -0.3 is 5.32 Å². The van der Waals surface area contributed by atoms with E-state index >= 15 is 0 Å². The molecule has 5 nitrogen and oxygen atoms in total. The van der Waals surface area contributed by atoms with Gasteiger partial charge in [-0.3, -0.25) is 0 Å². The van der Waals surface area contributed by atoms with E-state index in [0.717, 1.165) is 28.2 Å². The number of halogens is 2. The molecule has 0 spiro atoms. The van der Waals surface area contributed by atoms with Crippen molar-refractivity contribution in [3.8, 4) is 22.5 Å². The number of nitrogens with one attached hydrogen (secondary N) is 2. The number of nitrogens with zero attached hydrogens (tertiary/aromatic N) is 3. The molecule has 0 saturated heterocycles. The van der Waals surface area contributed by atoms with Gasteiger partial charge in [-0.25, -0.2) is 10.1 Å². The van der Waals surface area contributed by atoms with Gasteiger partial charge in [0.05, 0.1) is 11.4 Å². The summed E-state index contributed by atoms with van der Waals surface area (Å²) in [5.74, 6) is 0.565. The van der Waals surface area contributed by atoms with Crippen molar-refractivity contribution in [2.75, 3.05) is 10.2 Å². The standard InChI is InChI=1S/C19H14ClN5.CH3I/c20-16-9-5-4-8-15(16)18-11-14(23-19-21-12-22-25-19)10-17(24-18)13-6-2-1-3-7-13;1-2/h1-12H,(H2,21,22,23,24,25);1H3. The number of alkyl halides is 1. The molecule has 0 fully saturated rings. The molecule has 2 N–H and O–H groups in total. The Morgan fingerprint density at radius 1 is 0.926 bits per heavy atom. The fourth-order valence-corrected chi connectivity index (χ4v) is 2.80. The Labute approximate surface area is 176 Å². The number of benzene rings is 2. The first-order chi connectivity index (χ1) is 13.3. The summed E-state index contributed by atoms with van der Waals surface area (Å²) in [7, 11) is 0. The molecule has 4 aromatic rings. The molecule has 0 atom stereocenters. The van der Waals surface area contributed by atoms with Crippen LogP contribution >= 0.6 is 34.2 Å². The van der Waals surface area contributed by atoms with Crippen molar-refractivity contribution in [2.45, 2.75) is 0 Å². The normalized spacial score (nSPS) is 10.0. The van der Waals surface area contributed by atoms with E-state index in [9.17, 15) is 0 Å². The largest absolute Gasteiger partial charge is 0.324 e. The summed E-state index contributed by atoms with van der Waals surface area (Å²) >= 11 is 8.51. The lowest BCUT2D eigenvalue weighted by Gasteiger charge is -2.11. The average Bonchev–Trinajstić information content (AvgIpc) is 3.23. The molecule has 136 valence electrons. The number of H-pyrrole nitrogens is 1. The van der Waals surface area contributed by atoms with Crippen molar-refractivity contribution in [3.05, 3.63) is 78.1 Å². The van der Waals surface area contributed by atoms with Crippen LogP contribution in [0.3, 0.4) is 0 Å². The lowest BCUT2D eigenvalue weighted by atomic mass is 10.1. The number of aromatic amines is 1. The maximum absolute atomic E-state index is 6.36. The highest BCUT2D eigenvalue weighted by Gasteiger charge is 2.10. The molecule has 2 aromatic heterocycles. The SMILES string of the molecule is CI.Clc1ccccc1-c1cc(Nc2ncn[nH]2)cc(-c2ccccc2)n1. The van der Waals surface area contributed by atoms with E-state index in [-0.39, 0.29) is 0 Å². The van der Waals surface area contributed by atoms with Crippen LogP contribution in [0, 0.1) is 0 Å². The van der Waals surface area contributed by atoms with Gasteiger partial charge in [-0.15, -0.1) is 0 Å². The molecule has 4 rings (SSSR count). The van der Waals surface area contributed by atoms with Gasteiger partial charge in [-0.1, -0.05) is 82.7 Å². The average molecular weight is 490 g/mol. The van der Waals surface area contributed by atoms with Gasteiger partial charge >= 0.3 is 0 Å². The maximum atomic E-state index is 6.36. The number of hydrogen-bond donors (Lipinski definition) is 2. The molecule has 0 radical (unpaired) electrons. The zero-order valence-corrected chi connectivity index (χ0v) is 17.4. The summed E-state index contributed by atoms with van der Waals surface area (Å²) in [5, 5.41) is 10.5. The molecule has 0 saturated carbocycles. The van der Waals surface area contributed by atoms with Crippen LogP contribution in [0.25, 0.3) is 22.5 Å². The van der Waals surface area contributed by atoms with E-state index in [0.29, 0.717) is 11.0 Å². The fourth-order valence-electron chi connectivity index (χ4n) is 2.57. The summed E-state index contributed by atoms with van der Waals surface area (Å²) < 4.78 is 0. The van der Waals surface area contributed by atoms with Crippen LogP contribution < -0.4 is 5.32 Å². The highest BCUT2D eigenvalue weighted by molar-refractivity contribution is 14.1. The second-order valence-electron chi connectivity index (χ2n) is 5.43. The minimum atomic E-state index is 0.565. The zero-order valence-electron chi connectivity index (χ0n) is 14.5. The molecule has 2 aromatic carbocycles. The maximum Gasteiger partial charge on any atom is 0.222 e. The first kappa shape index (κ1) is 19.3. The van der Waals surface area contributed by atoms with E-state index in [2.05, 4.69) is 43.1 Å². The molecule has 0 aliphatic rings. The van der Waals surface area contributed by atoms with E-state index in [1.54, 1.807) is 0 Å². The van der Waals surface area contributed by atoms with E-state index in [1.165, 1.54) is 6.33 Å². The quantitative estimate of drug-likeness (QED) is 0.273. The van der Waals surface area contributed by atoms with Crippen LogP contribution in [0.5, 0.6) is 0 Å². The topological polar surface area (TPSA) is 66.5 Å². The summed E-state index contributed by atoms with van der Waals surface area (Å²) in [6.07, 6.45) is 1.45.